The van der Waals surface area contributed by atoms with Crippen molar-refractivity contribution in [2.45, 2.75) is 0 Å². The van der Waals surface area contributed by atoms with Gasteiger partial charge in [0.25, 0.3) is 0 Å². The van der Waals surface area contributed by atoms with Crippen LogP contribution in [0.25, 0.3) is 11.6 Å². The number of hydrogen-bond acceptors (Lipinski definition) is 6. The third-order valence-electron chi connectivity index (χ3n) is 4.94. The number of benzene rings is 3. The van der Waals surface area contributed by atoms with Crippen molar-refractivity contribution in [2.24, 2.45) is 0 Å². The number of allylic oxidation sites excluding steroid dienone is 1. The Hall–Kier alpha value is -3.93. The molecule has 0 heterocycles. The van der Waals surface area contributed by atoms with Crippen molar-refractivity contribution < 1.29 is 28.5 Å². The number of carbonyl (C=O) groups is 1. The Balaban J connectivity index is 2.17. The van der Waals surface area contributed by atoms with E-state index in [0.29, 0.717) is 39.9 Å². The Morgan fingerprint density at radius 3 is 1.44 bits per heavy atom. The molecule has 3 aromatic rings. The fraction of sp³-hybridized carbons (Fsp3) is 0.192. The molecule has 0 aromatic heterocycles. The normalized spacial score (nSPS) is 11.0. The Kier molecular flexibility index (Phi) is 7.39. The first-order chi connectivity index (χ1) is 15.5. The zero-order valence-electron chi connectivity index (χ0n) is 18.8. The first-order valence-corrected chi connectivity index (χ1v) is 9.88. The predicted molar refractivity (Wildman–Crippen MR) is 124 cm³/mol. The number of carbonyl (C=O) groups excluding carboxylic acids is 1. The van der Waals surface area contributed by atoms with E-state index >= 15 is 0 Å². The van der Waals surface area contributed by atoms with Gasteiger partial charge in [0.15, 0.2) is 5.78 Å². The second kappa shape index (κ2) is 10.4. The van der Waals surface area contributed by atoms with Gasteiger partial charge in [0.05, 0.1) is 35.5 Å². The number of Topliss-reactive ketones (excluding diaryl/α,β-unsaturated/α-hetero) is 1. The Morgan fingerprint density at radius 2 is 1.00 bits per heavy atom. The molecule has 0 amide bonds. The molecule has 32 heavy (non-hydrogen) atoms. The Bertz CT molecular complexity index is 1070. The maximum atomic E-state index is 13.7. The van der Waals surface area contributed by atoms with Crippen LogP contribution in [0.2, 0.25) is 0 Å². The summed E-state index contributed by atoms with van der Waals surface area (Å²) in [5.74, 6) is 2.83. The van der Waals surface area contributed by atoms with E-state index in [-0.39, 0.29) is 5.78 Å². The first-order valence-electron chi connectivity index (χ1n) is 9.88. The second-order valence-electron chi connectivity index (χ2n) is 6.86. The molecule has 0 aliphatic rings. The summed E-state index contributed by atoms with van der Waals surface area (Å²) >= 11 is 0. The maximum absolute atomic E-state index is 13.7. The lowest BCUT2D eigenvalue weighted by Gasteiger charge is -2.12. The maximum Gasteiger partial charge on any atom is 0.193 e. The number of ketones is 1. The Labute approximate surface area is 188 Å². The van der Waals surface area contributed by atoms with Crippen LogP contribution in [-0.2, 0) is 0 Å². The van der Waals surface area contributed by atoms with Gasteiger partial charge in [-0.3, -0.25) is 4.79 Å². The van der Waals surface area contributed by atoms with Crippen LogP contribution >= 0.6 is 0 Å². The molecule has 0 saturated heterocycles. The van der Waals surface area contributed by atoms with Crippen LogP contribution in [0.1, 0.15) is 21.5 Å². The van der Waals surface area contributed by atoms with E-state index < -0.39 is 0 Å². The van der Waals surface area contributed by atoms with Crippen LogP contribution in [0.4, 0.5) is 0 Å². The second-order valence-corrected chi connectivity index (χ2v) is 6.86. The van der Waals surface area contributed by atoms with Crippen molar-refractivity contribution >= 4 is 17.4 Å². The van der Waals surface area contributed by atoms with E-state index in [4.69, 9.17) is 23.7 Å². The molecule has 166 valence electrons. The van der Waals surface area contributed by atoms with Gasteiger partial charge >= 0.3 is 0 Å². The molecule has 6 nitrogen and oxygen atoms in total. The monoisotopic (exact) mass is 434 g/mol. The Morgan fingerprint density at radius 1 is 0.562 bits per heavy atom. The van der Waals surface area contributed by atoms with Crippen LogP contribution in [0.5, 0.6) is 28.7 Å². The average molecular weight is 434 g/mol. The molecule has 0 aliphatic carbocycles. The van der Waals surface area contributed by atoms with E-state index in [1.807, 2.05) is 36.4 Å². The molecule has 0 N–H and O–H groups in total. The summed E-state index contributed by atoms with van der Waals surface area (Å²) in [6, 6.07) is 17.9. The summed E-state index contributed by atoms with van der Waals surface area (Å²) in [5.41, 5.74) is 2.42. The van der Waals surface area contributed by atoms with Gasteiger partial charge in [-0.25, -0.2) is 0 Å². The summed E-state index contributed by atoms with van der Waals surface area (Å²) < 4.78 is 26.7. The molecular formula is C26H26O6. The number of rotatable bonds is 9. The molecule has 6 heteroatoms. The van der Waals surface area contributed by atoms with E-state index in [0.717, 1.165) is 11.1 Å². The van der Waals surface area contributed by atoms with Crippen molar-refractivity contribution in [3.63, 3.8) is 0 Å². The summed E-state index contributed by atoms with van der Waals surface area (Å²) in [6.07, 6.45) is 1.81. The standard InChI is InChI=1S/C26H26O6/c1-28-20-8-6-18(7-9-20)25(12-17-10-21(29-2)15-22(11-17)30-3)26(27)19-13-23(31-4)16-24(14-19)32-5/h6-16H,1-5H3. The van der Waals surface area contributed by atoms with Crippen molar-refractivity contribution in [3.05, 3.63) is 77.4 Å². The zero-order valence-corrected chi connectivity index (χ0v) is 18.8. The van der Waals surface area contributed by atoms with E-state index in [2.05, 4.69) is 0 Å². The largest absolute Gasteiger partial charge is 0.497 e. The predicted octanol–water partition coefficient (Wildman–Crippen LogP) is 5.15. The lowest BCUT2D eigenvalue weighted by molar-refractivity contribution is 0.105. The minimum absolute atomic E-state index is 0.186. The van der Waals surface area contributed by atoms with Gasteiger partial charge in [0.2, 0.25) is 0 Å². The molecule has 0 spiro atoms. The number of hydrogen-bond donors (Lipinski definition) is 0. The number of ether oxygens (including phenoxy) is 5. The molecule has 3 aromatic carbocycles. The van der Waals surface area contributed by atoms with Crippen molar-refractivity contribution in [3.8, 4) is 28.7 Å². The van der Waals surface area contributed by atoms with Gasteiger partial charge in [-0.1, -0.05) is 12.1 Å². The van der Waals surface area contributed by atoms with Gasteiger partial charge in [0.1, 0.15) is 28.7 Å². The lowest BCUT2D eigenvalue weighted by Crippen LogP contribution is -2.04. The average Bonchev–Trinajstić information content (AvgIpc) is 2.86. The van der Waals surface area contributed by atoms with Crippen LogP contribution in [0, 0.1) is 0 Å². The molecule has 0 atom stereocenters. The smallest absolute Gasteiger partial charge is 0.193 e. The molecule has 0 bridgehead atoms. The highest BCUT2D eigenvalue weighted by Crippen LogP contribution is 2.31. The van der Waals surface area contributed by atoms with Crippen molar-refractivity contribution in [1.82, 2.24) is 0 Å². The van der Waals surface area contributed by atoms with Gasteiger partial charge in [-0.05, 0) is 53.6 Å². The van der Waals surface area contributed by atoms with Crippen LogP contribution in [0.15, 0.2) is 60.7 Å². The summed E-state index contributed by atoms with van der Waals surface area (Å²) in [5, 5.41) is 0. The summed E-state index contributed by atoms with van der Waals surface area (Å²) in [7, 11) is 7.86. The zero-order chi connectivity index (χ0) is 23.1. The van der Waals surface area contributed by atoms with Gasteiger partial charge in [-0.15, -0.1) is 0 Å². The minimum atomic E-state index is -0.186. The van der Waals surface area contributed by atoms with Gasteiger partial charge in [0, 0.05) is 23.3 Å². The lowest BCUT2D eigenvalue weighted by atomic mass is 9.94. The number of methoxy groups -OCH3 is 5. The highest BCUT2D eigenvalue weighted by Gasteiger charge is 2.18. The van der Waals surface area contributed by atoms with Crippen LogP contribution in [0.3, 0.4) is 0 Å². The van der Waals surface area contributed by atoms with Crippen LogP contribution < -0.4 is 23.7 Å². The van der Waals surface area contributed by atoms with Crippen molar-refractivity contribution in [2.75, 3.05) is 35.5 Å². The van der Waals surface area contributed by atoms with Gasteiger partial charge in [-0.2, -0.15) is 0 Å². The van der Waals surface area contributed by atoms with Gasteiger partial charge < -0.3 is 23.7 Å². The molecule has 0 saturated carbocycles. The summed E-state index contributed by atoms with van der Waals surface area (Å²) in [4.78, 5) is 13.7. The molecular weight excluding hydrogens is 408 g/mol. The SMILES string of the molecule is COc1ccc(C(=Cc2cc(OC)cc(OC)c2)C(=O)c2cc(OC)cc(OC)c2)cc1. The molecule has 0 fully saturated rings. The summed E-state index contributed by atoms with van der Waals surface area (Å²) in [6.45, 7) is 0. The van der Waals surface area contributed by atoms with E-state index in [1.54, 1.807) is 65.9 Å². The molecule has 0 aliphatic heterocycles. The fourth-order valence-corrected chi connectivity index (χ4v) is 3.22. The van der Waals surface area contributed by atoms with Crippen LogP contribution in [-0.4, -0.2) is 41.3 Å². The molecule has 3 rings (SSSR count). The minimum Gasteiger partial charge on any atom is -0.497 e. The quantitative estimate of drug-likeness (QED) is 0.264. The third-order valence-corrected chi connectivity index (χ3v) is 4.94. The van der Waals surface area contributed by atoms with E-state index in [9.17, 15) is 4.79 Å². The van der Waals surface area contributed by atoms with E-state index in [1.165, 1.54) is 0 Å². The molecule has 0 radical (unpaired) electrons. The fourth-order valence-electron chi connectivity index (χ4n) is 3.22. The molecule has 0 unspecified atom stereocenters. The van der Waals surface area contributed by atoms with Crippen molar-refractivity contribution in [1.29, 1.82) is 0 Å². The topological polar surface area (TPSA) is 63.2 Å². The highest BCUT2D eigenvalue weighted by atomic mass is 16.5. The third kappa shape index (κ3) is 5.21. The first kappa shape index (κ1) is 22.7. The highest BCUT2D eigenvalue weighted by molar-refractivity contribution is 6.32.